The van der Waals surface area contributed by atoms with Gasteiger partial charge in [0, 0.05) is 10.9 Å². The quantitative estimate of drug-likeness (QED) is 0.763. The molecule has 0 aliphatic heterocycles. The van der Waals surface area contributed by atoms with E-state index in [9.17, 15) is 0 Å². The highest BCUT2D eigenvalue weighted by Crippen LogP contribution is 2.33. The molecule has 0 bridgehead atoms. The predicted octanol–water partition coefficient (Wildman–Crippen LogP) is 4.08. The van der Waals surface area contributed by atoms with Crippen molar-refractivity contribution in [3.63, 3.8) is 0 Å². The normalized spacial score (nSPS) is 12.1. The molecule has 1 aromatic heterocycles. The second-order valence-electron chi connectivity index (χ2n) is 5.43. The Morgan fingerprint density at radius 3 is 2.47 bits per heavy atom. The standard InChI is InChI=1S/C14H17ClN2/c1-8-5-6-11(15)12-9(8)7-10(13(16)17-12)14(2,3)4/h5-7H,1-4H3,(H2,16,17). The van der Waals surface area contributed by atoms with Gasteiger partial charge in [0.2, 0.25) is 0 Å². The number of aryl methyl sites for hydroxylation is 1. The Morgan fingerprint density at radius 1 is 1.24 bits per heavy atom. The number of aromatic nitrogens is 1. The van der Waals surface area contributed by atoms with Gasteiger partial charge in [-0.1, -0.05) is 38.4 Å². The first-order valence-electron chi connectivity index (χ1n) is 5.66. The van der Waals surface area contributed by atoms with Crippen molar-refractivity contribution in [3.05, 3.63) is 34.3 Å². The maximum atomic E-state index is 6.15. The molecule has 2 aromatic rings. The van der Waals surface area contributed by atoms with Gasteiger partial charge in [0.15, 0.2) is 0 Å². The smallest absolute Gasteiger partial charge is 0.127 e. The lowest BCUT2D eigenvalue weighted by Crippen LogP contribution is -2.15. The first-order chi connectivity index (χ1) is 7.80. The Kier molecular flexibility index (Phi) is 2.78. The van der Waals surface area contributed by atoms with Crippen LogP contribution in [0.5, 0.6) is 0 Å². The molecule has 2 rings (SSSR count). The summed E-state index contributed by atoms with van der Waals surface area (Å²) in [6.07, 6.45) is 0. The molecule has 0 fully saturated rings. The molecule has 0 spiro atoms. The fourth-order valence-electron chi connectivity index (χ4n) is 1.98. The van der Waals surface area contributed by atoms with Gasteiger partial charge in [0.05, 0.1) is 10.5 Å². The third kappa shape index (κ3) is 2.09. The number of nitrogens with zero attached hydrogens (tertiary/aromatic N) is 1. The van der Waals surface area contributed by atoms with Crippen molar-refractivity contribution in [2.75, 3.05) is 5.73 Å². The number of hydrogen-bond donors (Lipinski definition) is 1. The van der Waals surface area contributed by atoms with E-state index in [1.807, 2.05) is 12.1 Å². The fraction of sp³-hybridized carbons (Fsp3) is 0.357. The van der Waals surface area contributed by atoms with Crippen molar-refractivity contribution in [1.29, 1.82) is 0 Å². The summed E-state index contributed by atoms with van der Waals surface area (Å²) in [6, 6.07) is 5.98. The Morgan fingerprint density at radius 2 is 1.88 bits per heavy atom. The zero-order valence-corrected chi connectivity index (χ0v) is 11.4. The first kappa shape index (κ1) is 12.2. The summed E-state index contributed by atoms with van der Waals surface area (Å²) < 4.78 is 0. The molecule has 0 unspecified atom stereocenters. The summed E-state index contributed by atoms with van der Waals surface area (Å²) in [7, 11) is 0. The minimum Gasteiger partial charge on any atom is -0.383 e. The molecule has 90 valence electrons. The first-order valence-corrected chi connectivity index (χ1v) is 6.04. The van der Waals surface area contributed by atoms with Crippen LogP contribution in [0.25, 0.3) is 10.9 Å². The summed E-state index contributed by atoms with van der Waals surface area (Å²) in [5.74, 6) is 0.567. The molecule has 3 heteroatoms. The van der Waals surface area contributed by atoms with Gasteiger partial charge in [0.1, 0.15) is 5.82 Å². The third-order valence-electron chi connectivity index (χ3n) is 2.99. The SMILES string of the molecule is Cc1ccc(Cl)c2nc(N)c(C(C)(C)C)cc12. The molecule has 1 aromatic carbocycles. The van der Waals surface area contributed by atoms with E-state index >= 15 is 0 Å². The van der Waals surface area contributed by atoms with Gasteiger partial charge >= 0.3 is 0 Å². The van der Waals surface area contributed by atoms with E-state index in [1.165, 1.54) is 5.56 Å². The molecular formula is C14H17ClN2. The zero-order valence-electron chi connectivity index (χ0n) is 10.6. The van der Waals surface area contributed by atoms with Crippen molar-refractivity contribution in [2.24, 2.45) is 0 Å². The number of rotatable bonds is 0. The molecular weight excluding hydrogens is 232 g/mol. The number of hydrogen-bond acceptors (Lipinski definition) is 2. The largest absolute Gasteiger partial charge is 0.383 e. The van der Waals surface area contributed by atoms with E-state index in [1.54, 1.807) is 0 Å². The van der Waals surface area contributed by atoms with Crippen LogP contribution < -0.4 is 5.73 Å². The molecule has 0 atom stereocenters. The maximum Gasteiger partial charge on any atom is 0.127 e. The molecule has 2 nitrogen and oxygen atoms in total. The van der Waals surface area contributed by atoms with Crippen molar-refractivity contribution < 1.29 is 0 Å². The van der Waals surface area contributed by atoms with Gasteiger partial charge in [-0.05, 0) is 30.0 Å². The van der Waals surface area contributed by atoms with Gasteiger partial charge in [-0.25, -0.2) is 4.98 Å². The lowest BCUT2D eigenvalue weighted by atomic mass is 9.86. The lowest BCUT2D eigenvalue weighted by molar-refractivity contribution is 0.591. The number of benzene rings is 1. The second kappa shape index (κ2) is 3.88. The second-order valence-corrected chi connectivity index (χ2v) is 5.84. The molecule has 0 saturated carbocycles. The monoisotopic (exact) mass is 248 g/mol. The van der Waals surface area contributed by atoms with Gasteiger partial charge in [0.25, 0.3) is 0 Å². The molecule has 1 heterocycles. The average molecular weight is 249 g/mol. The summed E-state index contributed by atoms with van der Waals surface area (Å²) in [4.78, 5) is 4.45. The number of nitrogen functional groups attached to an aromatic ring is 1. The number of anilines is 1. The highest BCUT2D eigenvalue weighted by molar-refractivity contribution is 6.35. The predicted molar refractivity (Wildman–Crippen MR) is 74.6 cm³/mol. The minimum atomic E-state index is -0.0139. The van der Waals surface area contributed by atoms with Crippen LogP contribution in [0.1, 0.15) is 31.9 Å². The van der Waals surface area contributed by atoms with Crippen LogP contribution in [0.2, 0.25) is 5.02 Å². The molecule has 0 radical (unpaired) electrons. The number of nitrogens with two attached hydrogens (primary N) is 1. The van der Waals surface area contributed by atoms with Crippen LogP contribution in [-0.4, -0.2) is 4.98 Å². The summed E-state index contributed by atoms with van der Waals surface area (Å²) >= 11 is 6.15. The van der Waals surface area contributed by atoms with Gasteiger partial charge in [-0.3, -0.25) is 0 Å². The van der Waals surface area contributed by atoms with Crippen LogP contribution in [0.15, 0.2) is 18.2 Å². The minimum absolute atomic E-state index is 0.0139. The van der Waals surface area contributed by atoms with Crippen molar-refractivity contribution in [3.8, 4) is 0 Å². The Labute approximate surface area is 107 Å². The maximum absolute atomic E-state index is 6.15. The van der Waals surface area contributed by atoms with Gasteiger partial charge in [-0.2, -0.15) is 0 Å². The lowest BCUT2D eigenvalue weighted by Gasteiger charge is -2.21. The van der Waals surface area contributed by atoms with Crippen LogP contribution in [0.3, 0.4) is 0 Å². The molecule has 2 N–H and O–H groups in total. The molecule has 17 heavy (non-hydrogen) atoms. The molecule has 0 amide bonds. The fourth-order valence-corrected chi connectivity index (χ4v) is 2.18. The van der Waals surface area contributed by atoms with Crippen LogP contribution >= 0.6 is 11.6 Å². The highest BCUT2D eigenvalue weighted by Gasteiger charge is 2.19. The Balaban J connectivity index is 2.85. The highest BCUT2D eigenvalue weighted by atomic mass is 35.5. The van der Waals surface area contributed by atoms with E-state index < -0.39 is 0 Å². The number of pyridine rings is 1. The molecule has 0 aliphatic rings. The van der Waals surface area contributed by atoms with Crippen LogP contribution in [-0.2, 0) is 5.41 Å². The number of halogens is 1. The summed E-state index contributed by atoms with van der Waals surface area (Å²) in [6.45, 7) is 8.45. The van der Waals surface area contributed by atoms with E-state index in [0.717, 1.165) is 16.5 Å². The van der Waals surface area contributed by atoms with Crippen molar-refractivity contribution in [2.45, 2.75) is 33.1 Å². The van der Waals surface area contributed by atoms with Crippen LogP contribution in [0, 0.1) is 6.92 Å². The third-order valence-corrected chi connectivity index (χ3v) is 3.30. The van der Waals surface area contributed by atoms with Crippen molar-refractivity contribution in [1.82, 2.24) is 4.98 Å². The van der Waals surface area contributed by atoms with E-state index in [4.69, 9.17) is 17.3 Å². The zero-order chi connectivity index (χ0) is 12.8. The Bertz CT molecular complexity index is 583. The topological polar surface area (TPSA) is 38.9 Å². The van der Waals surface area contributed by atoms with E-state index in [2.05, 4.69) is 38.7 Å². The molecule has 0 aliphatic carbocycles. The van der Waals surface area contributed by atoms with Gasteiger partial charge < -0.3 is 5.73 Å². The summed E-state index contributed by atoms with van der Waals surface area (Å²) in [5.41, 5.74) is 9.03. The average Bonchev–Trinajstić information content (AvgIpc) is 2.21. The Hall–Kier alpha value is -1.28. The van der Waals surface area contributed by atoms with Gasteiger partial charge in [-0.15, -0.1) is 0 Å². The van der Waals surface area contributed by atoms with E-state index in [0.29, 0.717) is 10.8 Å². The summed E-state index contributed by atoms with van der Waals surface area (Å²) in [5, 5.41) is 1.73. The van der Waals surface area contributed by atoms with Crippen molar-refractivity contribution >= 4 is 28.3 Å². The number of fused-ring (bicyclic) bond motifs is 1. The molecule has 0 saturated heterocycles. The van der Waals surface area contributed by atoms with Crippen LogP contribution in [0.4, 0.5) is 5.82 Å². The van der Waals surface area contributed by atoms with E-state index in [-0.39, 0.29) is 5.41 Å².